The summed E-state index contributed by atoms with van der Waals surface area (Å²) >= 11 is 0. The molecule has 0 aliphatic rings. The van der Waals surface area contributed by atoms with Gasteiger partial charge in [-0.1, -0.05) is 53.6 Å². The summed E-state index contributed by atoms with van der Waals surface area (Å²) in [5, 5.41) is 13.9. The van der Waals surface area contributed by atoms with Crippen LogP contribution in [0.15, 0.2) is 59.5 Å². The first kappa shape index (κ1) is 23.8. The highest BCUT2D eigenvalue weighted by molar-refractivity contribution is 7.89. The molecule has 0 bridgehead atoms. The molecule has 6 nitrogen and oxygen atoms in total. The molecule has 0 fully saturated rings. The molecule has 0 saturated heterocycles. The SMILES string of the molecule is COc1ccc(S(=O)(=O)N(CC(C)C)C[C@@H](O)[C@H](Cc2ccccc2)NP)cc1. The molecule has 0 aromatic heterocycles. The summed E-state index contributed by atoms with van der Waals surface area (Å²) < 4.78 is 32.9. The number of hydrogen-bond donors (Lipinski definition) is 2. The number of hydrogen-bond acceptors (Lipinski definition) is 5. The summed E-state index contributed by atoms with van der Waals surface area (Å²) in [5.41, 5.74) is 1.07. The lowest BCUT2D eigenvalue weighted by atomic mass is 10.0. The minimum absolute atomic E-state index is 0.00540. The molecule has 3 atom stereocenters. The van der Waals surface area contributed by atoms with Crippen LogP contribution in [-0.2, 0) is 16.4 Å². The largest absolute Gasteiger partial charge is 0.497 e. The second-order valence-electron chi connectivity index (χ2n) is 7.42. The van der Waals surface area contributed by atoms with E-state index in [0.29, 0.717) is 18.7 Å². The Kier molecular flexibility index (Phi) is 9.05. The van der Waals surface area contributed by atoms with E-state index in [1.807, 2.05) is 44.2 Å². The van der Waals surface area contributed by atoms with E-state index >= 15 is 0 Å². The van der Waals surface area contributed by atoms with E-state index < -0.39 is 16.1 Å². The number of rotatable bonds is 11. The molecular formula is C21H31N2O4PS. The van der Waals surface area contributed by atoms with Gasteiger partial charge in [0.05, 0.1) is 18.1 Å². The van der Waals surface area contributed by atoms with Gasteiger partial charge >= 0.3 is 0 Å². The number of benzene rings is 2. The van der Waals surface area contributed by atoms with Crippen molar-refractivity contribution >= 4 is 19.4 Å². The van der Waals surface area contributed by atoms with Gasteiger partial charge in [0.2, 0.25) is 10.0 Å². The highest BCUT2D eigenvalue weighted by atomic mass is 32.2. The van der Waals surface area contributed by atoms with Crippen LogP contribution in [0.3, 0.4) is 0 Å². The summed E-state index contributed by atoms with van der Waals surface area (Å²) in [6, 6.07) is 15.8. The summed E-state index contributed by atoms with van der Waals surface area (Å²) in [7, 11) is 0.214. The van der Waals surface area contributed by atoms with E-state index in [4.69, 9.17) is 4.74 Å². The number of methoxy groups -OCH3 is 1. The second-order valence-corrected chi connectivity index (χ2v) is 9.69. The Bertz CT molecular complexity index is 845. The van der Waals surface area contributed by atoms with Crippen molar-refractivity contribution in [2.75, 3.05) is 20.2 Å². The minimum atomic E-state index is -3.75. The Balaban J connectivity index is 2.21. The van der Waals surface area contributed by atoms with Crippen LogP contribution in [0.25, 0.3) is 0 Å². The molecule has 0 saturated carbocycles. The van der Waals surface area contributed by atoms with Crippen molar-refractivity contribution in [2.45, 2.75) is 37.3 Å². The van der Waals surface area contributed by atoms with Crippen molar-refractivity contribution in [2.24, 2.45) is 5.92 Å². The van der Waals surface area contributed by atoms with E-state index in [1.54, 1.807) is 12.1 Å². The predicted molar refractivity (Wildman–Crippen MR) is 119 cm³/mol. The minimum Gasteiger partial charge on any atom is -0.497 e. The second kappa shape index (κ2) is 11.0. The van der Waals surface area contributed by atoms with E-state index in [-0.39, 0.29) is 23.4 Å². The van der Waals surface area contributed by atoms with Crippen molar-refractivity contribution in [3.63, 3.8) is 0 Å². The molecule has 2 N–H and O–H groups in total. The van der Waals surface area contributed by atoms with Crippen LogP contribution in [0.5, 0.6) is 5.75 Å². The molecule has 0 spiro atoms. The average molecular weight is 439 g/mol. The molecule has 160 valence electrons. The molecule has 8 heteroatoms. The van der Waals surface area contributed by atoms with Crippen molar-refractivity contribution in [1.82, 2.24) is 9.39 Å². The number of ether oxygens (including phenoxy) is 1. The zero-order chi connectivity index (χ0) is 21.4. The fourth-order valence-electron chi connectivity index (χ4n) is 3.08. The molecule has 0 radical (unpaired) electrons. The standard InChI is InChI=1S/C21H31N2O4PS/c1-16(2)14-23(29(25,26)19-11-9-18(27-3)10-12-19)15-21(24)20(22-28)13-17-7-5-4-6-8-17/h4-12,16,20-22,24H,13-15,28H2,1-3H3/t20-,21+/m0/s1. The Hall–Kier alpha value is -1.50. The lowest BCUT2D eigenvalue weighted by Gasteiger charge is -2.30. The number of aliphatic hydroxyl groups excluding tert-OH is 1. The zero-order valence-electron chi connectivity index (χ0n) is 17.2. The Labute approximate surface area is 176 Å². The molecule has 1 unspecified atom stereocenters. The van der Waals surface area contributed by atoms with Crippen LogP contribution in [0.2, 0.25) is 0 Å². The third-order valence-corrected chi connectivity index (χ3v) is 6.91. The normalized spacial score (nSPS) is 14.2. The van der Waals surface area contributed by atoms with E-state index in [2.05, 4.69) is 14.5 Å². The van der Waals surface area contributed by atoms with E-state index in [1.165, 1.54) is 23.5 Å². The first-order valence-electron chi connectivity index (χ1n) is 9.60. The van der Waals surface area contributed by atoms with Gasteiger partial charge in [-0.15, -0.1) is 0 Å². The first-order valence-corrected chi connectivity index (χ1v) is 11.6. The maximum absolute atomic E-state index is 13.2. The van der Waals surface area contributed by atoms with Crippen molar-refractivity contribution in [3.8, 4) is 5.75 Å². The third kappa shape index (κ3) is 6.76. The number of aliphatic hydroxyl groups is 1. The molecule has 2 aromatic carbocycles. The Morgan fingerprint density at radius 3 is 2.21 bits per heavy atom. The lowest BCUT2D eigenvalue weighted by molar-refractivity contribution is 0.111. The molecule has 29 heavy (non-hydrogen) atoms. The summed E-state index contributed by atoms with van der Waals surface area (Å²) in [5.74, 6) is 0.710. The predicted octanol–water partition coefficient (Wildman–Crippen LogP) is 2.69. The number of sulfonamides is 1. The quantitative estimate of drug-likeness (QED) is 0.528. The van der Waals surface area contributed by atoms with Crippen LogP contribution in [-0.4, -0.2) is 50.2 Å². The topological polar surface area (TPSA) is 78.9 Å². The highest BCUT2D eigenvalue weighted by Gasteiger charge is 2.30. The van der Waals surface area contributed by atoms with Gasteiger partial charge in [-0.3, -0.25) is 5.09 Å². The highest BCUT2D eigenvalue weighted by Crippen LogP contribution is 2.21. The van der Waals surface area contributed by atoms with Gasteiger partial charge in [0.1, 0.15) is 5.75 Å². The van der Waals surface area contributed by atoms with Crippen molar-refractivity contribution in [1.29, 1.82) is 0 Å². The monoisotopic (exact) mass is 438 g/mol. The van der Waals surface area contributed by atoms with Crippen LogP contribution < -0.4 is 9.82 Å². The van der Waals surface area contributed by atoms with Crippen LogP contribution in [0.4, 0.5) is 0 Å². The van der Waals surface area contributed by atoms with Crippen LogP contribution in [0, 0.1) is 5.92 Å². The van der Waals surface area contributed by atoms with Gasteiger partial charge in [0.15, 0.2) is 0 Å². The molecule has 2 aromatic rings. The maximum Gasteiger partial charge on any atom is 0.243 e. The van der Waals surface area contributed by atoms with Gasteiger partial charge in [0, 0.05) is 19.1 Å². The Morgan fingerprint density at radius 2 is 1.69 bits per heavy atom. The fourth-order valence-corrected chi connectivity index (χ4v) is 5.05. The van der Waals surface area contributed by atoms with E-state index in [0.717, 1.165) is 5.56 Å². The third-order valence-electron chi connectivity index (χ3n) is 4.63. The molecular weight excluding hydrogens is 407 g/mol. The maximum atomic E-state index is 13.2. The van der Waals surface area contributed by atoms with Crippen LogP contribution in [0.1, 0.15) is 19.4 Å². The first-order chi connectivity index (χ1) is 13.8. The average Bonchev–Trinajstić information content (AvgIpc) is 2.71. The fraction of sp³-hybridized carbons (Fsp3) is 0.429. The molecule has 0 aliphatic heterocycles. The molecule has 0 aliphatic carbocycles. The molecule has 0 heterocycles. The van der Waals surface area contributed by atoms with Gasteiger partial charge in [-0.05, 0) is 42.2 Å². The van der Waals surface area contributed by atoms with Gasteiger partial charge in [-0.2, -0.15) is 4.31 Å². The van der Waals surface area contributed by atoms with Crippen molar-refractivity contribution < 1.29 is 18.3 Å². The number of nitrogens with one attached hydrogen (secondary N) is 1. The van der Waals surface area contributed by atoms with Gasteiger partial charge in [-0.25, -0.2) is 8.42 Å². The Morgan fingerprint density at radius 1 is 1.07 bits per heavy atom. The smallest absolute Gasteiger partial charge is 0.243 e. The van der Waals surface area contributed by atoms with E-state index in [9.17, 15) is 13.5 Å². The van der Waals surface area contributed by atoms with Crippen LogP contribution >= 0.6 is 9.39 Å². The summed E-state index contributed by atoms with van der Waals surface area (Å²) in [6.07, 6.45) is -0.289. The van der Waals surface area contributed by atoms with Crippen molar-refractivity contribution in [3.05, 3.63) is 60.2 Å². The van der Waals surface area contributed by atoms with Gasteiger partial charge < -0.3 is 9.84 Å². The summed E-state index contributed by atoms with van der Waals surface area (Å²) in [6.45, 7) is 4.24. The summed E-state index contributed by atoms with van der Waals surface area (Å²) in [4.78, 5) is 0.185. The number of nitrogens with zero attached hydrogens (tertiary/aromatic N) is 1. The molecule has 2 rings (SSSR count). The van der Waals surface area contributed by atoms with Gasteiger partial charge in [0.25, 0.3) is 0 Å². The molecule has 0 amide bonds. The lowest BCUT2D eigenvalue weighted by Crippen LogP contribution is -2.47. The zero-order valence-corrected chi connectivity index (χ0v) is 19.1.